The maximum Gasteiger partial charge on any atom is 0.264 e. The zero-order valence-corrected chi connectivity index (χ0v) is 20.3. The SMILES string of the molecule is O=c1c2cnn(-c3ccc(F)cc3)c2ncn1CC1(O)CCN(Cc2ccc(-c3cnco3)cc2F)CC1. The number of likely N-dealkylation sites (tertiary alicyclic amines) is 1. The predicted molar refractivity (Wildman–Crippen MR) is 134 cm³/mol. The Morgan fingerprint density at radius 2 is 1.84 bits per heavy atom. The lowest BCUT2D eigenvalue weighted by Gasteiger charge is -2.38. The van der Waals surface area contributed by atoms with Crippen molar-refractivity contribution in [3.8, 4) is 17.0 Å². The lowest BCUT2D eigenvalue weighted by atomic mass is 9.91. The number of hydrogen-bond donors (Lipinski definition) is 1. The van der Waals surface area contributed by atoms with Gasteiger partial charge in [-0.2, -0.15) is 5.10 Å². The average molecular weight is 519 g/mol. The number of halogens is 2. The van der Waals surface area contributed by atoms with Gasteiger partial charge in [0.25, 0.3) is 5.56 Å². The van der Waals surface area contributed by atoms with Crippen LogP contribution in [0.2, 0.25) is 0 Å². The zero-order chi connectivity index (χ0) is 26.3. The number of fused-ring (bicyclic) bond motifs is 1. The van der Waals surface area contributed by atoms with Gasteiger partial charge in [0.15, 0.2) is 17.8 Å². The third-order valence-electron chi connectivity index (χ3n) is 7.04. The third-order valence-corrected chi connectivity index (χ3v) is 7.04. The summed E-state index contributed by atoms with van der Waals surface area (Å²) in [4.78, 5) is 23.5. The van der Waals surface area contributed by atoms with Gasteiger partial charge in [-0.1, -0.05) is 12.1 Å². The maximum absolute atomic E-state index is 14.7. The minimum Gasteiger partial charge on any atom is -0.444 e. The van der Waals surface area contributed by atoms with E-state index in [1.165, 1.54) is 52.6 Å². The average Bonchev–Trinajstić information content (AvgIpc) is 3.60. The van der Waals surface area contributed by atoms with E-state index in [9.17, 15) is 18.7 Å². The van der Waals surface area contributed by atoms with Crippen LogP contribution in [0, 0.1) is 11.6 Å². The fourth-order valence-electron chi connectivity index (χ4n) is 4.86. The van der Waals surface area contributed by atoms with Crippen LogP contribution in [-0.2, 0) is 13.1 Å². The molecule has 2 aromatic carbocycles. The fraction of sp³-hybridized carbons (Fsp3) is 0.259. The van der Waals surface area contributed by atoms with Crippen molar-refractivity contribution in [2.75, 3.05) is 13.1 Å². The number of aromatic nitrogens is 5. The standard InChI is InChI=1S/C27H24F2N6O3/c28-20-3-5-21(6-4-20)35-25-22(12-32-35)26(36)34(16-31-25)15-27(37)7-9-33(10-8-27)14-19-2-1-18(11-23(19)29)24-13-30-17-38-24/h1-6,11-13,16-17,37H,7-10,14-15H2. The second-order valence-electron chi connectivity index (χ2n) is 9.62. The molecule has 11 heteroatoms. The van der Waals surface area contributed by atoms with Gasteiger partial charge in [-0.25, -0.2) is 23.4 Å². The van der Waals surface area contributed by atoms with Crippen LogP contribution in [-0.4, -0.2) is 53.0 Å². The summed E-state index contributed by atoms with van der Waals surface area (Å²) in [7, 11) is 0. The minimum atomic E-state index is -1.10. The maximum atomic E-state index is 14.7. The van der Waals surface area contributed by atoms with Crippen molar-refractivity contribution in [1.29, 1.82) is 0 Å². The molecule has 0 aliphatic carbocycles. The minimum absolute atomic E-state index is 0.0879. The van der Waals surface area contributed by atoms with E-state index in [4.69, 9.17) is 4.42 Å². The first kappa shape index (κ1) is 24.1. The molecule has 0 unspecified atom stereocenters. The smallest absolute Gasteiger partial charge is 0.264 e. The molecule has 1 aliphatic rings. The molecule has 0 amide bonds. The molecule has 0 saturated carbocycles. The molecular weight excluding hydrogens is 494 g/mol. The van der Waals surface area contributed by atoms with E-state index in [-0.39, 0.29) is 23.7 Å². The van der Waals surface area contributed by atoms with Gasteiger partial charge in [-0.05, 0) is 43.2 Å². The number of rotatable bonds is 6. The highest BCUT2D eigenvalue weighted by molar-refractivity contribution is 5.74. The number of hydrogen-bond acceptors (Lipinski definition) is 7. The zero-order valence-electron chi connectivity index (χ0n) is 20.3. The highest BCUT2D eigenvalue weighted by Crippen LogP contribution is 2.27. The van der Waals surface area contributed by atoms with E-state index in [0.717, 1.165) is 0 Å². The Bertz CT molecular complexity index is 1640. The van der Waals surface area contributed by atoms with Crippen molar-refractivity contribution in [2.45, 2.75) is 31.5 Å². The van der Waals surface area contributed by atoms with Crippen LogP contribution in [0.1, 0.15) is 18.4 Å². The van der Waals surface area contributed by atoms with Crippen molar-refractivity contribution >= 4 is 11.0 Å². The molecule has 1 fully saturated rings. The third kappa shape index (κ3) is 4.61. The van der Waals surface area contributed by atoms with Gasteiger partial charge in [-0.15, -0.1) is 0 Å². The molecule has 38 heavy (non-hydrogen) atoms. The van der Waals surface area contributed by atoms with Crippen LogP contribution in [0.4, 0.5) is 8.78 Å². The Labute approximate surface area is 215 Å². The van der Waals surface area contributed by atoms with Crippen LogP contribution in [0.25, 0.3) is 28.0 Å². The second kappa shape index (κ2) is 9.58. The first-order chi connectivity index (χ1) is 18.4. The Hall–Kier alpha value is -4.22. The van der Waals surface area contributed by atoms with Gasteiger partial charge in [0.1, 0.15) is 23.3 Å². The first-order valence-electron chi connectivity index (χ1n) is 12.2. The number of oxazole rings is 1. The van der Waals surface area contributed by atoms with Gasteiger partial charge in [0, 0.05) is 30.8 Å². The molecule has 1 saturated heterocycles. The van der Waals surface area contributed by atoms with E-state index < -0.39 is 5.60 Å². The Balaban J connectivity index is 1.13. The number of nitrogens with zero attached hydrogens (tertiary/aromatic N) is 6. The Morgan fingerprint density at radius 3 is 2.55 bits per heavy atom. The molecule has 3 aromatic heterocycles. The summed E-state index contributed by atoms with van der Waals surface area (Å²) in [6.07, 6.45) is 6.52. The summed E-state index contributed by atoms with van der Waals surface area (Å²) in [5.41, 5.74) is 0.709. The van der Waals surface area contributed by atoms with Gasteiger partial charge in [-0.3, -0.25) is 14.3 Å². The molecule has 5 aromatic rings. The van der Waals surface area contributed by atoms with Gasteiger partial charge in [0.2, 0.25) is 0 Å². The molecule has 194 valence electrons. The molecule has 1 N–H and O–H groups in total. The van der Waals surface area contributed by atoms with Crippen LogP contribution in [0.15, 0.2) is 76.8 Å². The molecule has 6 rings (SSSR count). The van der Waals surface area contributed by atoms with Crippen molar-refractivity contribution in [1.82, 2.24) is 29.2 Å². The summed E-state index contributed by atoms with van der Waals surface area (Å²) >= 11 is 0. The molecule has 4 heterocycles. The van der Waals surface area contributed by atoms with E-state index in [2.05, 4.69) is 20.0 Å². The Kier molecular flexibility index (Phi) is 6.09. The molecule has 0 spiro atoms. The number of piperidine rings is 1. The highest BCUT2D eigenvalue weighted by Gasteiger charge is 2.33. The van der Waals surface area contributed by atoms with Gasteiger partial charge in [0.05, 0.1) is 30.2 Å². The van der Waals surface area contributed by atoms with Crippen molar-refractivity contribution in [3.63, 3.8) is 0 Å². The molecule has 0 atom stereocenters. The summed E-state index contributed by atoms with van der Waals surface area (Å²) in [6, 6.07) is 10.7. The topological polar surface area (TPSA) is 102 Å². The molecule has 0 bridgehead atoms. The number of aliphatic hydroxyl groups is 1. The highest BCUT2D eigenvalue weighted by atomic mass is 19.1. The van der Waals surface area contributed by atoms with Crippen molar-refractivity contribution in [3.05, 3.63) is 95.1 Å². The van der Waals surface area contributed by atoms with E-state index in [1.54, 1.807) is 24.3 Å². The van der Waals surface area contributed by atoms with Crippen LogP contribution < -0.4 is 5.56 Å². The molecular formula is C27H24F2N6O3. The predicted octanol–water partition coefficient (Wildman–Crippen LogP) is 3.54. The summed E-state index contributed by atoms with van der Waals surface area (Å²) in [5, 5.41) is 15.8. The Morgan fingerprint density at radius 1 is 1.05 bits per heavy atom. The van der Waals surface area contributed by atoms with Crippen LogP contribution in [0.5, 0.6) is 0 Å². The van der Waals surface area contributed by atoms with Crippen LogP contribution >= 0.6 is 0 Å². The normalized spacial score (nSPS) is 15.8. The largest absolute Gasteiger partial charge is 0.444 e. The van der Waals surface area contributed by atoms with Crippen molar-refractivity contribution in [2.24, 2.45) is 0 Å². The van der Waals surface area contributed by atoms with Gasteiger partial charge >= 0.3 is 0 Å². The summed E-state index contributed by atoms with van der Waals surface area (Å²) < 4.78 is 36.1. The summed E-state index contributed by atoms with van der Waals surface area (Å²) in [6.45, 7) is 1.60. The molecule has 1 aliphatic heterocycles. The van der Waals surface area contributed by atoms with E-state index >= 15 is 0 Å². The lowest BCUT2D eigenvalue weighted by molar-refractivity contribution is -0.0366. The fourth-order valence-corrected chi connectivity index (χ4v) is 4.86. The molecule has 0 radical (unpaired) electrons. The lowest BCUT2D eigenvalue weighted by Crippen LogP contribution is -2.47. The molecule has 9 nitrogen and oxygen atoms in total. The first-order valence-corrected chi connectivity index (χ1v) is 12.2. The van der Waals surface area contributed by atoms with Crippen LogP contribution in [0.3, 0.4) is 0 Å². The van der Waals surface area contributed by atoms with Crippen molar-refractivity contribution < 1.29 is 18.3 Å². The van der Waals surface area contributed by atoms with Gasteiger partial charge < -0.3 is 9.52 Å². The quantitative estimate of drug-likeness (QED) is 0.367. The van der Waals surface area contributed by atoms with E-state index in [0.29, 0.717) is 66.1 Å². The van der Waals surface area contributed by atoms with E-state index in [1.807, 2.05) is 0 Å². The monoisotopic (exact) mass is 518 g/mol. The summed E-state index contributed by atoms with van der Waals surface area (Å²) in [5.74, 6) is -0.193. The number of benzene rings is 2. The second-order valence-corrected chi connectivity index (χ2v) is 9.62.